The SMILES string of the molecule is CNC(=O)c1ccc([N+](=O)[O-])c(NCC(C)(C)CO)c1. The van der Waals surface area contributed by atoms with E-state index in [1.165, 1.54) is 25.2 Å². The van der Waals surface area contributed by atoms with Crippen molar-refractivity contribution in [1.82, 2.24) is 5.32 Å². The van der Waals surface area contributed by atoms with E-state index in [2.05, 4.69) is 10.6 Å². The summed E-state index contributed by atoms with van der Waals surface area (Å²) in [5.41, 5.74) is 0.0723. The molecule has 0 saturated carbocycles. The molecule has 110 valence electrons. The zero-order valence-corrected chi connectivity index (χ0v) is 11.8. The number of nitrogens with one attached hydrogen (secondary N) is 2. The molecule has 7 heteroatoms. The van der Waals surface area contributed by atoms with Gasteiger partial charge in [0.05, 0.1) is 4.92 Å². The summed E-state index contributed by atoms with van der Waals surface area (Å²) in [5.74, 6) is -0.315. The molecule has 20 heavy (non-hydrogen) atoms. The topological polar surface area (TPSA) is 104 Å². The van der Waals surface area contributed by atoms with Crippen molar-refractivity contribution >= 4 is 17.3 Å². The average Bonchev–Trinajstić information content (AvgIpc) is 2.43. The normalized spacial score (nSPS) is 11.0. The Hall–Kier alpha value is -2.15. The van der Waals surface area contributed by atoms with Crippen LogP contribution in [0.4, 0.5) is 11.4 Å². The van der Waals surface area contributed by atoms with Crippen molar-refractivity contribution in [2.24, 2.45) is 5.41 Å². The van der Waals surface area contributed by atoms with Crippen LogP contribution < -0.4 is 10.6 Å². The molecule has 0 aliphatic rings. The largest absolute Gasteiger partial charge is 0.396 e. The summed E-state index contributed by atoms with van der Waals surface area (Å²) in [5, 5.41) is 25.6. The molecular weight excluding hydrogens is 262 g/mol. The average molecular weight is 281 g/mol. The van der Waals surface area contributed by atoms with E-state index >= 15 is 0 Å². The first-order valence-electron chi connectivity index (χ1n) is 6.16. The fourth-order valence-corrected chi connectivity index (χ4v) is 1.51. The maximum Gasteiger partial charge on any atom is 0.292 e. The summed E-state index contributed by atoms with van der Waals surface area (Å²) >= 11 is 0. The first kappa shape index (κ1) is 15.9. The van der Waals surface area contributed by atoms with Gasteiger partial charge in [0.15, 0.2) is 0 Å². The van der Waals surface area contributed by atoms with E-state index < -0.39 is 10.3 Å². The number of amides is 1. The highest BCUT2D eigenvalue weighted by molar-refractivity contribution is 5.95. The van der Waals surface area contributed by atoms with Crippen LogP contribution in [0.15, 0.2) is 18.2 Å². The summed E-state index contributed by atoms with van der Waals surface area (Å²) in [6.07, 6.45) is 0. The van der Waals surface area contributed by atoms with Crippen molar-refractivity contribution in [1.29, 1.82) is 0 Å². The monoisotopic (exact) mass is 281 g/mol. The summed E-state index contributed by atoms with van der Waals surface area (Å²) in [4.78, 5) is 22.0. The van der Waals surface area contributed by atoms with Crippen LogP contribution in [0.3, 0.4) is 0 Å². The van der Waals surface area contributed by atoms with Gasteiger partial charge < -0.3 is 15.7 Å². The molecule has 0 saturated heterocycles. The van der Waals surface area contributed by atoms with E-state index in [4.69, 9.17) is 0 Å². The number of rotatable bonds is 6. The van der Waals surface area contributed by atoms with Crippen LogP contribution in [0, 0.1) is 15.5 Å². The molecule has 0 bridgehead atoms. The van der Waals surface area contributed by atoms with Crippen molar-refractivity contribution in [2.75, 3.05) is 25.5 Å². The van der Waals surface area contributed by atoms with Crippen LogP contribution in [0.2, 0.25) is 0 Å². The molecule has 1 rings (SSSR count). The predicted molar refractivity (Wildman–Crippen MR) is 75.8 cm³/mol. The molecule has 0 aromatic heterocycles. The van der Waals surface area contributed by atoms with Gasteiger partial charge in [0, 0.05) is 37.2 Å². The van der Waals surface area contributed by atoms with Crippen LogP contribution in [-0.2, 0) is 0 Å². The second kappa shape index (κ2) is 6.33. The minimum Gasteiger partial charge on any atom is -0.396 e. The molecule has 0 spiro atoms. The summed E-state index contributed by atoms with van der Waals surface area (Å²) in [6, 6.07) is 4.13. The van der Waals surface area contributed by atoms with E-state index in [0.717, 1.165) is 0 Å². The molecular formula is C13H19N3O4. The minimum atomic E-state index is -0.512. The molecule has 1 aromatic rings. The van der Waals surface area contributed by atoms with E-state index in [1.54, 1.807) is 0 Å². The minimum absolute atomic E-state index is 0.0526. The van der Waals surface area contributed by atoms with E-state index in [0.29, 0.717) is 12.1 Å². The van der Waals surface area contributed by atoms with Gasteiger partial charge >= 0.3 is 0 Å². The van der Waals surface area contributed by atoms with Gasteiger partial charge in [-0.3, -0.25) is 14.9 Å². The number of anilines is 1. The van der Waals surface area contributed by atoms with E-state index in [-0.39, 0.29) is 23.9 Å². The second-order valence-electron chi connectivity index (χ2n) is 5.24. The Morgan fingerprint density at radius 1 is 1.45 bits per heavy atom. The molecule has 0 fully saturated rings. The number of aliphatic hydroxyl groups excluding tert-OH is 1. The molecule has 1 aromatic carbocycles. The zero-order chi connectivity index (χ0) is 15.3. The summed E-state index contributed by atoms with van der Waals surface area (Å²) < 4.78 is 0. The van der Waals surface area contributed by atoms with Gasteiger partial charge in [0.25, 0.3) is 11.6 Å². The number of carbonyl (C=O) groups excluding carboxylic acids is 1. The number of carbonyl (C=O) groups is 1. The number of hydrogen-bond acceptors (Lipinski definition) is 5. The van der Waals surface area contributed by atoms with Crippen LogP contribution in [-0.4, -0.2) is 36.1 Å². The Morgan fingerprint density at radius 2 is 2.10 bits per heavy atom. The quantitative estimate of drug-likeness (QED) is 0.540. The standard InChI is InChI=1S/C13H19N3O4/c1-13(2,8-17)7-15-10-6-9(12(18)14-3)4-5-11(10)16(19)20/h4-6,15,17H,7-8H2,1-3H3,(H,14,18). The molecule has 0 aliphatic carbocycles. The smallest absolute Gasteiger partial charge is 0.292 e. The maximum absolute atomic E-state index is 11.6. The Morgan fingerprint density at radius 3 is 2.60 bits per heavy atom. The zero-order valence-electron chi connectivity index (χ0n) is 11.8. The lowest BCUT2D eigenvalue weighted by molar-refractivity contribution is -0.384. The first-order chi connectivity index (χ1) is 9.30. The lowest BCUT2D eigenvalue weighted by Gasteiger charge is -2.22. The molecule has 0 unspecified atom stereocenters. The number of nitro groups is 1. The Bertz CT molecular complexity index is 514. The molecule has 1 amide bonds. The number of benzene rings is 1. The summed E-state index contributed by atoms with van der Waals surface area (Å²) in [6.45, 7) is 3.95. The lowest BCUT2D eigenvalue weighted by atomic mass is 9.95. The summed E-state index contributed by atoms with van der Waals surface area (Å²) in [7, 11) is 1.49. The Kier molecular flexibility index (Phi) is 5.04. The predicted octanol–water partition coefficient (Wildman–Crippen LogP) is 1.38. The molecule has 0 radical (unpaired) electrons. The third kappa shape index (κ3) is 3.92. The van der Waals surface area contributed by atoms with Crippen molar-refractivity contribution in [3.8, 4) is 0 Å². The van der Waals surface area contributed by atoms with Gasteiger partial charge in [0.1, 0.15) is 5.69 Å². The van der Waals surface area contributed by atoms with Gasteiger partial charge in [-0.15, -0.1) is 0 Å². The highest BCUT2D eigenvalue weighted by Gasteiger charge is 2.20. The number of nitrogens with zero attached hydrogens (tertiary/aromatic N) is 1. The fourth-order valence-electron chi connectivity index (χ4n) is 1.51. The Balaban J connectivity index is 3.06. The molecule has 3 N–H and O–H groups in total. The van der Waals surface area contributed by atoms with Gasteiger partial charge in [-0.25, -0.2) is 0 Å². The van der Waals surface area contributed by atoms with Crippen LogP contribution in [0.5, 0.6) is 0 Å². The van der Waals surface area contributed by atoms with Crippen molar-refractivity contribution < 1.29 is 14.8 Å². The van der Waals surface area contributed by atoms with Crippen LogP contribution in [0.25, 0.3) is 0 Å². The number of nitro benzene ring substituents is 1. The molecule has 7 nitrogen and oxygen atoms in total. The lowest BCUT2D eigenvalue weighted by Crippen LogP contribution is -2.27. The molecule has 0 aliphatic heterocycles. The fraction of sp³-hybridized carbons (Fsp3) is 0.462. The number of aliphatic hydroxyl groups is 1. The van der Waals surface area contributed by atoms with E-state index in [9.17, 15) is 20.0 Å². The van der Waals surface area contributed by atoms with Crippen molar-refractivity contribution in [3.63, 3.8) is 0 Å². The molecule has 0 atom stereocenters. The van der Waals surface area contributed by atoms with Gasteiger partial charge in [0.2, 0.25) is 0 Å². The third-order valence-corrected chi connectivity index (χ3v) is 2.87. The van der Waals surface area contributed by atoms with Crippen LogP contribution in [0.1, 0.15) is 24.2 Å². The van der Waals surface area contributed by atoms with E-state index in [1.807, 2.05) is 13.8 Å². The van der Waals surface area contributed by atoms with Crippen molar-refractivity contribution in [2.45, 2.75) is 13.8 Å². The highest BCUT2D eigenvalue weighted by atomic mass is 16.6. The third-order valence-electron chi connectivity index (χ3n) is 2.87. The first-order valence-corrected chi connectivity index (χ1v) is 6.16. The van der Waals surface area contributed by atoms with Gasteiger partial charge in [-0.1, -0.05) is 13.8 Å². The molecule has 0 heterocycles. The second-order valence-corrected chi connectivity index (χ2v) is 5.24. The van der Waals surface area contributed by atoms with Gasteiger partial charge in [-0.2, -0.15) is 0 Å². The van der Waals surface area contributed by atoms with Gasteiger partial charge in [-0.05, 0) is 12.1 Å². The maximum atomic E-state index is 11.6. The van der Waals surface area contributed by atoms with Crippen LogP contribution >= 0.6 is 0 Å². The van der Waals surface area contributed by atoms with Crippen molar-refractivity contribution in [3.05, 3.63) is 33.9 Å². The number of hydrogen-bond donors (Lipinski definition) is 3. The Labute approximate surface area is 117 Å². The highest BCUT2D eigenvalue weighted by Crippen LogP contribution is 2.27.